The minimum absolute atomic E-state index is 0.0609. The fourth-order valence-electron chi connectivity index (χ4n) is 2.29. The first kappa shape index (κ1) is 18.6. The molecule has 126 valence electrons. The number of rotatable bonds is 10. The standard InChI is InChI=1S/C15H26N2O5/c1-3-16(4-2)10-13-15(21)14(20)9-12(11-19)17(13)5-7-22-8-6-18/h9,18-19,21H,3-8,10-11H2,1-2H3. The SMILES string of the molecule is CCN(CC)Cc1c(O)c(=O)cc(CO)n1CCOCCO. The minimum atomic E-state index is -0.487. The van der Waals surface area contributed by atoms with Crippen LogP contribution in [0.4, 0.5) is 0 Å². The van der Waals surface area contributed by atoms with Crippen molar-refractivity contribution in [3.05, 3.63) is 27.7 Å². The summed E-state index contributed by atoms with van der Waals surface area (Å²) in [6, 6.07) is 1.24. The van der Waals surface area contributed by atoms with Gasteiger partial charge in [-0.05, 0) is 13.1 Å². The van der Waals surface area contributed by atoms with Crippen LogP contribution in [0.15, 0.2) is 10.9 Å². The largest absolute Gasteiger partial charge is 0.503 e. The van der Waals surface area contributed by atoms with Gasteiger partial charge in [-0.2, -0.15) is 0 Å². The van der Waals surface area contributed by atoms with Gasteiger partial charge in [0.15, 0.2) is 5.75 Å². The van der Waals surface area contributed by atoms with Gasteiger partial charge < -0.3 is 24.6 Å². The summed E-state index contributed by atoms with van der Waals surface area (Å²) in [4.78, 5) is 13.9. The monoisotopic (exact) mass is 314 g/mol. The molecule has 0 bridgehead atoms. The van der Waals surface area contributed by atoms with Crippen molar-refractivity contribution in [2.45, 2.75) is 33.5 Å². The van der Waals surface area contributed by atoms with E-state index < -0.39 is 5.43 Å². The number of hydrogen-bond acceptors (Lipinski definition) is 6. The van der Waals surface area contributed by atoms with Crippen molar-refractivity contribution >= 4 is 0 Å². The van der Waals surface area contributed by atoms with Crippen LogP contribution in [0.5, 0.6) is 5.75 Å². The number of aromatic hydroxyl groups is 1. The first-order valence-corrected chi connectivity index (χ1v) is 7.55. The molecular weight excluding hydrogens is 288 g/mol. The summed E-state index contributed by atoms with van der Waals surface area (Å²) in [5, 5.41) is 28.3. The van der Waals surface area contributed by atoms with Gasteiger partial charge in [0.05, 0.1) is 32.1 Å². The van der Waals surface area contributed by atoms with Crippen LogP contribution in [0, 0.1) is 0 Å². The fraction of sp³-hybridized carbons (Fsp3) is 0.667. The Bertz CT molecular complexity index is 511. The molecule has 0 spiro atoms. The average Bonchev–Trinajstić information content (AvgIpc) is 2.53. The molecule has 0 aliphatic heterocycles. The van der Waals surface area contributed by atoms with E-state index in [1.165, 1.54) is 6.07 Å². The van der Waals surface area contributed by atoms with E-state index in [0.29, 0.717) is 31.1 Å². The Morgan fingerprint density at radius 3 is 2.45 bits per heavy atom. The lowest BCUT2D eigenvalue weighted by molar-refractivity contribution is 0.0849. The van der Waals surface area contributed by atoms with Crippen LogP contribution in [0.25, 0.3) is 0 Å². The minimum Gasteiger partial charge on any atom is -0.503 e. The van der Waals surface area contributed by atoms with Crippen LogP contribution in [0.3, 0.4) is 0 Å². The van der Waals surface area contributed by atoms with Gasteiger partial charge >= 0.3 is 0 Å². The molecule has 0 radical (unpaired) electrons. The molecule has 0 atom stereocenters. The second-order valence-electron chi connectivity index (χ2n) is 4.90. The maximum absolute atomic E-state index is 11.8. The van der Waals surface area contributed by atoms with Gasteiger partial charge in [-0.3, -0.25) is 9.69 Å². The molecule has 1 aromatic heterocycles. The Morgan fingerprint density at radius 1 is 1.23 bits per heavy atom. The first-order chi connectivity index (χ1) is 10.6. The molecule has 22 heavy (non-hydrogen) atoms. The van der Waals surface area contributed by atoms with Gasteiger partial charge in [-0.15, -0.1) is 0 Å². The van der Waals surface area contributed by atoms with E-state index in [-0.39, 0.29) is 25.6 Å². The summed E-state index contributed by atoms with van der Waals surface area (Å²) >= 11 is 0. The van der Waals surface area contributed by atoms with Gasteiger partial charge in [0, 0.05) is 24.8 Å². The Kier molecular flexibility index (Phi) is 8.11. The van der Waals surface area contributed by atoms with Crippen molar-refractivity contribution < 1.29 is 20.1 Å². The molecule has 0 saturated carbocycles. The molecule has 0 amide bonds. The molecule has 7 heteroatoms. The van der Waals surface area contributed by atoms with Gasteiger partial charge in [0.25, 0.3) is 0 Å². The number of hydrogen-bond donors (Lipinski definition) is 3. The van der Waals surface area contributed by atoms with Crippen LogP contribution in [-0.4, -0.2) is 57.7 Å². The number of aromatic nitrogens is 1. The van der Waals surface area contributed by atoms with Crippen molar-refractivity contribution in [3.63, 3.8) is 0 Å². The Labute approximate surface area is 130 Å². The van der Waals surface area contributed by atoms with E-state index in [1.54, 1.807) is 4.57 Å². The van der Waals surface area contributed by atoms with Gasteiger partial charge in [-0.1, -0.05) is 13.8 Å². The molecule has 1 heterocycles. The smallest absolute Gasteiger partial charge is 0.223 e. The lowest BCUT2D eigenvalue weighted by Gasteiger charge is -2.24. The van der Waals surface area contributed by atoms with Crippen molar-refractivity contribution in [1.82, 2.24) is 9.47 Å². The topological polar surface area (TPSA) is 95.2 Å². The van der Waals surface area contributed by atoms with Crippen molar-refractivity contribution in [3.8, 4) is 5.75 Å². The third-order valence-electron chi connectivity index (χ3n) is 3.60. The van der Waals surface area contributed by atoms with Crippen LogP contribution >= 0.6 is 0 Å². The van der Waals surface area contributed by atoms with Gasteiger partial charge in [0.1, 0.15) is 0 Å². The molecule has 3 N–H and O–H groups in total. The summed E-state index contributed by atoms with van der Waals surface area (Å²) in [7, 11) is 0. The van der Waals surface area contributed by atoms with Crippen LogP contribution < -0.4 is 5.43 Å². The zero-order valence-corrected chi connectivity index (χ0v) is 13.3. The highest BCUT2D eigenvalue weighted by atomic mass is 16.5. The van der Waals surface area contributed by atoms with E-state index >= 15 is 0 Å². The Hall–Kier alpha value is -1.41. The summed E-state index contributed by atoms with van der Waals surface area (Å²) in [6.07, 6.45) is 0. The summed E-state index contributed by atoms with van der Waals surface area (Å²) in [6.45, 7) is 6.58. The molecule has 1 aromatic rings. The highest BCUT2D eigenvalue weighted by Gasteiger charge is 2.16. The zero-order valence-electron chi connectivity index (χ0n) is 13.3. The van der Waals surface area contributed by atoms with Crippen LogP contribution in [0.2, 0.25) is 0 Å². The Morgan fingerprint density at radius 2 is 1.91 bits per heavy atom. The maximum Gasteiger partial charge on any atom is 0.223 e. The number of ether oxygens (including phenoxy) is 1. The fourth-order valence-corrected chi connectivity index (χ4v) is 2.29. The average molecular weight is 314 g/mol. The molecular formula is C15H26N2O5. The van der Waals surface area contributed by atoms with Gasteiger partial charge in [0.2, 0.25) is 5.43 Å². The second kappa shape index (κ2) is 9.58. The second-order valence-corrected chi connectivity index (χ2v) is 4.90. The summed E-state index contributed by atoms with van der Waals surface area (Å²) < 4.78 is 6.96. The van der Waals surface area contributed by atoms with Crippen LogP contribution in [-0.2, 0) is 24.4 Å². The predicted molar refractivity (Wildman–Crippen MR) is 82.8 cm³/mol. The van der Waals surface area contributed by atoms with Crippen LogP contribution in [0.1, 0.15) is 25.2 Å². The lowest BCUT2D eigenvalue weighted by Crippen LogP contribution is -2.28. The number of pyridine rings is 1. The number of aliphatic hydroxyl groups is 2. The third-order valence-corrected chi connectivity index (χ3v) is 3.60. The van der Waals surface area contributed by atoms with Crippen molar-refractivity contribution in [2.24, 2.45) is 0 Å². The maximum atomic E-state index is 11.8. The molecule has 0 unspecified atom stereocenters. The zero-order chi connectivity index (χ0) is 16.5. The normalized spacial score (nSPS) is 11.3. The van der Waals surface area contributed by atoms with E-state index in [9.17, 15) is 15.0 Å². The van der Waals surface area contributed by atoms with E-state index in [1.807, 2.05) is 13.8 Å². The molecule has 1 rings (SSSR count). The molecule has 0 saturated heterocycles. The molecule has 0 aliphatic rings. The highest BCUT2D eigenvalue weighted by molar-refractivity contribution is 5.30. The van der Waals surface area contributed by atoms with E-state index in [4.69, 9.17) is 9.84 Å². The van der Waals surface area contributed by atoms with Gasteiger partial charge in [-0.25, -0.2) is 0 Å². The molecule has 0 aliphatic carbocycles. The molecule has 7 nitrogen and oxygen atoms in total. The third kappa shape index (κ3) is 4.81. The molecule has 0 fully saturated rings. The first-order valence-electron chi connectivity index (χ1n) is 7.55. The summed E-state index contributed by atoms with van der Waals surface area (Å²) in [5.41, 5.74) is 0.434. The molecule has 0 aromatic carbocycles. The lowest BCUT2D eigenvalue weighted by atomic mass is 10.2. The van der Waals surface area contributed by atoms with Crippen molar-refractivity contribution in [2.75, 3.05) is 32.9 Å². The quantitative estimate of drug-likeness (QED) is 0.522. The van der Waals surface area contributed by atoms with E-state index in [0.717, 1.165) is 13.1 Å². The summed E-state index contributed by atoms with van der Waals surface area (Å²) in [5.74, 6) is -0.286. The Balaban J connectivity index is 3.12. The van der Waals surface area contributed by atoms with E-state index in [2.05, 4.69) is 4.90 Å². The highest BCUT2D eigenvalue weighted by Crippen LogP contribution is 2.17. The predicted octanol–water partition coefficient (Wildman–Crippen LogP) is -0.103. The van der Waals surface area contributed by atoms with Crippen molar-refractivity contribution in [1.29, 1.82) is 0 Å². The number of aliphatic hydroxyl groups excluding tert-OH is 2. The number of nitrogens with zero attached hydrogens (tertiary/aromatic N) is 2.